The van der Waals surface area contributed by atoms with Gasteiger partial charge in [0.2, 0.25) is 0 Å². The topological polar surface area (TPSA) is 15.8 Å². The number of hydrogen-bond acceptors (Lipinski definition) is 0. The molecule has 1 heteroatoms. The molecule has 1 aromatic rings. The van der Waals surface area contributed by atoms with E-state index in [4.69, 9.17) is 0 Å². The second kappa shape index (κ2) is 3.25. The lowest BCUT2D eigenvalue weighted by Gasteiger charge is -1.90. The summed E-state index contributed by atoms with van der Waals surface area (Å²) in [6, 6.07) is 4.12. The molecular weight excluding hydrogens is 122 g/mol. The van der Waals surface area contributed by atoms with Gasteiger partial charge in [0.15, 0.2) is 0 Å². The molecule has 0 bridgehead atoms. The fourth-order valence-corrected chi connectivity index (χ4v) is 0.809. The first kappa shape index (κ1) is 7.13. The Bertz CT molecular complexity index is 203. The van der Waals surface area contributed by atoms with Crippen molar-refractivity contribution in [2.75, 3.05) is 0 Å². The van der Waals surface area contributed by atoms with Gasteiger partial charge in [-0.05, 0) is 26.0 Å². The van der Waals surface area contributed by atoms with Crippen molar-refractivity contribution in [1.29, 1.82) is 0 Å². The molecule has 1 aromatic heterocycles. The second-order valence-electron chi connectivity index (χ2n) is 2.68. The van der Waals surface area contributed by atoms with E-state index in [1.165, 1.54) is 11.3 Å². The first-order chi connectivity index (χ1) is 4.79. The van der Waals surface area contributed by atoms with Gasteiger partial charge in [-0.25, -0.2) is 0 Å². The van der Waals surface area contributed by atoms with Crippen LogP contribution < -0.4 is 0 Å². The zero-order valence-electron chi connectivity index (χ0n) is 6.52. The number of allylic oxidation sites excluding steroid dienone is 2. The van der Waals surface area contributed by atoms with Gasteiger partial charge in [-0.1, -0.05) is 11.6 Å². The fraction of sp³-hybridized carbons (Fsp3) is 0.333. The summed E-state index contributed by atoms with van der Waals surface area (Å²) in [6.45, 7) is 4.23. The third-order valence-corrected chi connectivity index (χ3v) is 1.39. The summed E-state index contributed by atoms with van der Waals surface area (Å²) in [6.07, 6.45) is 5.19. The van der Waals surface area contributed by atoms with Crippen LogP contribution in [0, 0.1) is 0 Å². The van der Waals surface area contributed by atoms with E-state index in [9.17, 15) is 0 Å². The molecule has 0 saturated heterocycles. The van der Waals surface area contributed by atoms with Crippen LogP contribution in [0.2, 0.25) is 0 Å². The molecule has 0 fully saturated rings. The molecule has 1 rings (SSSR count). The second-order valence-corrected chi connectivity index (χ2v) is 2.68. The van der Waals surface area contributed by atoms with Crippen LogP contribution in [0.4, 0.5) is 0 Å². The van der Waals surface area contributed by atoms with E-state index in [0.29, 0.717) is 0 Å². The SMILES string of the molecule is CC(C)=CCc1ccc[nH]1. The number of rotatable bonds is 2. The molecule has 54 valence electrons. The Hall–Kier alpha value is -0.980. The van der Waals surface area contributed by atoms with Crippen molar-refractivity contribution in [3.8, 4) is 0 Å². The van der Waals surface area contributed by atoms with E-state index in [-0.39, 0.29) is 0 Å². The average molecular weight is 135 g/mol. The van der Waals surface area contributed by atoms with Crippen LogP contribution in [0.1, 0.15) is 19.5 Å². The van der Waals surface area contributed by atoms with Crippen molar-refractivity contribution in [1.82, 2.24) is 4.98 Å². The highest BCUT2D eigenvalue weighted by Gasteiger charge is 1.86. The molecule has 1 N–H and O–H groups in total. The third-order valence-electron chi connectivity index (χ3n) is 1.39. The van der Waals surface area contributed by atoms with Crippen LogP contribution >= 0.6 is 0 Å². The summed E-state index contributed by atoms with van der Waals surface area (Å²) in [5.41, 5.74) is 2.65. The molecule has 0 atom stereocenters. The molecule has 0 spiro atoms. The van der Waals surface area contributed by atoms with Crippen molar-refractivity contribution in [3.05, 3.63) is 35.7 Å². The zero-order valence-corrected chi connectivity index (χ0v) is 6.52. The summed E-state index contributed by atoms with van der Waals surface area (Å²) in [5, 5.41) is 0. The van der Waals surface area contributed by atoms with E-state index >= 15 is 0 Å². The minimum absolute atomic E-state index is 1.02. The van der Waals surface area contributed by atoms with Gasteiger partial charge in [-0.3, -0.25) is 0 Å². The van der Waals surface area contributed by atoms with Gasteiger partial charge in [0.25, 0.3) is 0 Å². The number of aromatic nitrogens is 1. The van der Waals surface area contributed by atoms with E-state index in [0.717, 1.165) is 6.42 Å². The van der Waals surface area contributed by atoms with Crippen LogP contribution in [0.25, 0.3) is 0 Å². The Morgan fingerprint density at radius 2 is 2.40 bits per heavy atom. The van der Waals surface area contributed by atoms with E-state index in [1.54, 1.807) is 0 Å². The minimum atomic E-state index is 1.02. The number of hydrogen-bond donors (Lipinski definition) is 1. The Kier molecular flexibility index (Phi) is 2.32. The van der Waals surface area contributed by atoms with E-state index in [1.807, 2.05) is 12.3 Å². The smallest absolute Gasteiger partial charge is 0.0185 e. The maximum atomic E-state index is 3.15. The highest BCUT2D eigenvalue weighted by atomic mass is 14.7. The van der Waals surface area contributed by atoms with Gasteiger partial charge in [0, 0.05) is 18.3 Å². The predicted octanol–water partition coefficient (Wildman–Crippen LogP) is 2.52. The largest absolute Gasteiger partial charge is 0.365 e. The molecule has 0 aliphatic heterocycles. The molecule has 0 saturated carbocycles. The van der Waals surface area contributed by atoms with Gasteiger partial charge >= 0.3 is 0 Å². The number of aromatic amines is 1. The molecule has 0 aliphatic rings. The van der Waals surface area contributed by atoms with Crippen molar-refractivity contribution in [2.24, 2.45) is 0 Å². The van der Waals surface area contributed by atoms with Crippen molar-refractivity contribution < 1.29 is 0 Å². The Morgan fingerprint density at radius 3 is 2.90 bits per heavy atom. The maximum Gasteiger partial charge on any atom is 0.0185 e. The Morgan fingerprint density at radius 1 is 1.60 bits per heavy atom. The van der Waals surface area contributed by atoms with Crippen LogP contribution in [-0.2, 0) is 6.42 Å². The van der Waals surface area contributed by atoms with Gasteiger partial charge in [-0.2, -0.15) is 0 Å². The van der Waals surface area contributed by atoms with Crippen LogP contribution in [-0.4, -0.2) is 4.98 Å². The van der Waals surface area contributed by atoms with Crippen molar-refractivity contribution in [2.45, 2.75) is 20.3 Å². The molecule has 1 nitrogen and oxygen atoms in total. The molecule has 0 unspecified atom stereocenters. The summed E-state index contributed by atoms with van der Waals surface area (Å²) in [5.74, 6) is 0. The van der Waals surface area contributed by atoms with Gasteiger partial charge < -0.3 is 4.98 Å². The first-order valence-corrected chi connectivity index (χ1v) is 3.54. The summed E-state index contributed by atoms with van der Waals surface area (Å²) in [4.78, 5) is 3.15. The minimum Gasteiger partial charge on any atom is -0.365 e. The highest BCUT2D eigenvalue weighted by molar-refractivity contribution is 5.09. The predicted molar refractivity (Wildman–Crippen MR) is 43.9 cm³/mol. The highest BCUT2D eigenvalue weighted by Crippen LogP contribution is 1.98. The molecule has 0 aromatic carbocycles. The normalized spacial score (nSPS) is 9.40. The first-order valence-electron chi connectivity index (χ1n) is 3.54. The quantitative estimate of drug-likeness (QED) is 0.600. The van der Waals surface area contributed by atoms with Gasteiger partial charge in [0.1, 0.15) is 0 Å². The molecule has 0 amide bonds. The maximum absolute atomic E-state index is 3.15. The fourth-order valence-electron chi connectivity index (χ4n) is 0.809. The van der Waals surface area contributed by atoms with Crippen molar-refractivity contribution >= 4 is 0 Å². The monoisotopic (exact) mass is 135 g/mol. The molecule has 0 radical (unpaired) electrons. The van der Waals surface area contributed by atoms with Gasteiger partial charge in [-0.15, -0.1) is 0 Å². The molecular formula is C9H13N. The standard InChI is InChI=1S/C9H13N/c1-8(2)5-6-9-4-3-7-10-9/h3-5,7,10H,6H2,1-2H3. The van der Waals surface area contributed by atoms with Crippen LogP contribution in [0.3, 0.4) is 0 Å². The van der Waals surface area contributed by atoms with Crippen molar-refractivity contribution in [3.63, 3.8) is 0 Å². The molecule has 10 heavy (non-hydrogen) atoms. The number of H-pyrrole nitrogens is 1. The van der Waals surface area contributed by atoms with Gasteiger partial charge in [0.05, 0.1) is 0 Å². The summed E-state index contributed by atoms with van der Waals surface area (Å²) < 4.78 is 0. The average Bonchev–Trinajstić information content (AvgIpc) is 2.34. The number of nitrogens with one attached hydrogen (secondary N) is 1. The summed E-state index contributed by atoms with van der Waals surface area (Å²) >= 11 is 0. The van der Waals surface area contributed by atoms with Crippen LogP contribution in [0.15, 0.2) is 30.0 Å². The van der Waals surface area contributed by atoms with Crippen LogP contribution in [0.5, 0.6) is 0 Å². The Balaban J connectivity index is 2.49. The molecule has 0 aliphatic carbocycles. The third kappa shape index (κ3) is 2.09. The molecule has 1 heterocycles. The lowest BCUT2D eigenvalue weighted by atomic mass is 10.2. The lowest BCUT2D eigenvalue weighted by Crippen LogP contribution is -1.79. The summed E-state index contributed by atoms with van der Waals surface area (Å²) in [7, 11) is 0. The lowest BCUT2D eigenvalue weighted by molar-refractivity contribution is 1.13. The zero-order chi connectivity index (χ0) is 7.40. The van der Waals surface area contributed by atoms with E-state index in [2.05, 4.69) is 31.0 Å². The Labute approximate surface area is 61.8 Å². The van der Waals surface area contributed by atoms with E-state index < -0.39 is 0 Å².